The Hall–Kier alpha value is -2.13. The van der Waals surface area contributed by atoms with Gasteiger partial charge in [-0.05, 0) is 43.5 Å². The quantitative estimate of drug-likeness (QED) is 0.780. The average molecular weight is 323 g/mol. The van der Waals surface area contributed by atoms with Crippen LogP contribution in [0.25, 0.3) is 0 Å². The minimum Gasteiger partial charge on any atom is -0.494 e. The molecule has 1 aliphatic carbocycles. The smallest absolute Gasteiger partial charge is 0.157 e. The Morgan fingerprint density at radius 3 is 2.38 bits per heavy atom. The zero-order valence-corrected chi connectivity index (χ0v) is 14.0. The molecular weight excluding hydrogens is 298 g/mol. The van der Waals surface area contributed by atoms with Gasteiger partial charge < -0.3 is 10.1 Å². The lowest BCUT2D eigenvalue weighted by Crippen LogP contribution is -2.51. The molecule has 0 unspecified atom stereocenters. The van der Waals surface area contributed by atoms with Crippen LogP contribution >= 0.6 is 0 Å². The number of para-hydroxylation sites is 1. The van der Waals surface area contributed by atoms with E-state index in [1.54, 1.807) is 0 Å². The largest absolute Gasteiger partial charge is 0.494 e. The summed E-state index contributed by atoms with van der Waals surface area (Å²) in [6.45, 7) is 1.42. The molecule has 126 valence electrons. The van der Waals surface area contributed by atoms with Crippen molar-refractivity contribution in [3.05, 3.63) is 66.2 Å². The number of hydrogen-bond acceptors (Lipinski definition) is 3. The molecule has 1 N–H and O–H groups in total. The van der Waals surface area contributed by atoms with E-state index in [1.165, 1.54) is 0 Å². The Kier molecular flexibility index (Phi) is 5.65. The summed E-state index contributed by atoms with van der Waals surface area (Å²) in [4.78, 5) is 12.7. The van der Waals surface area contributed by atoms with Crippen LogP contribution in [-0.2, 0) is 10.3 Å². The van der Waals surface area contributed by atoms with E-state index in [2.05, 4.69) is 17.4 Å². The fourth-order valence-electron chi connectivity index (χ4n) is 3.43. The molecule has 2 aromatic carbocycles. The number of rotatable bonds is 7. The number of carbonyl (C=O) groups is 1. The second-order valence-corrected chi connectivity index (χ2v) is 6.34. The lowest BCUT2D eigenvalue weighted by molar-refractivity contribution is -0.128. The first-order valence-electron chi connectivity index (χ1n) is 8.83. The Bertz CT molecular complexity index is 641. The summed E-state index contributed by atoms with van der Waals surface area (Å²) in [6.07, 6.45) is 4.52. The third-order valence-corrected chi connectivity index (χ3v) is 4.71. The number of benzene rings is 2. The molecule has 1 atom stereocenters. The number of ketones is 1. The minimum atomic E-state index is -0.508. The highest BCUT2D eigenvalue weighted by Crippen LogP contribution is 2.34. The van der Waals surface area contributed by atoms with Gasteiger partial charge in [-0.3, -0.25) is 4.79 Å². The highest BCUT2D eigenvalue weighted by Gasteiger charge is 2.40. The summed E-state index contributed by atoms with van der Waals surface area (Å²) in [7, 11) is 0. The van der Waals surface area contributed by atoms with Crippen LogP contribution in [-0.4, -0.2) is 18.9 Å². The molecule has 3 rings (SSSR count). The summed E-state index contributed by atoms with van der Waals surface area (Å²) in [5, 5.41) is 3.56. The van der Waals surface area contributed by atoms with Crippen LogP contribution in [0, 0.1) is 0 Å². The van der Waals surface area contributed by atoms with E-state index in [0.717, 1.165) is 43.5 Å². The number of ether oxygens (including phenoxy) is 1. The van der Waals surface area contributed by atoms with Crippen molar-refractivity contribution in [2.45, 2.75) is 37.6 Å². The van der Waals surface area contributed by atoms with Gasteiger partial charge in [-0.2, -0.15) is 0 Å². The van der Waals surface area contributed by atoms with Gasteiger partial charge in [-0.25, -0.2) is 0 Å². The zero-order valence-electron chi connectivity index (χ0n) is 14.0. The summed E-state index contributed by atoms with van der Waals surface area (Å²) in [5.41, 5.74) is 0.588. The molecule has 2 aromatic rings. The van der Waals surface area contributed by atoms with Gasteiger partial charge in [0.25, 0.3) is 0 Å². The first kappa shape index (κ1) is 16.7. The molecule has 0 bridgehead atoms. The van der Waals surface area contributed by atoms with Gasteiger partial charge in [0.2, 0.25) is 0 Å². The lowest BCUT2D eigenvalue weighted by atomic mass is 9.75. The Balaban J connectivity index is 1.58. The van der Waals surface area contributed by atoms with E-state index in [0.29, 0.717) is 18.8 Å². The molecule has 0 heterocycles. The first-order chi connectivity index (χ1) is 11.8. The van der Waals surface area contributed by atoms with Crippen molar-refractivity contribution in [3.63, 3.8) is 0 Å². The molecule has 1 fully saturated rings. The van der Waals surface area contributed by atoms with E-state index < -0.39 is 5.54 Å². The van der Waals surface area contributed by atoms with Crippen molar-refractivity contribution in [3.8, 4) is 5.75 Å². The number of hydrogen-bond donors (Lipinski definition) is 1. The maximum absolute atomic E-state index is 12.7. The van der Waals surface area contributed by atoms with E-state index in [-0.39, 0.29) is 0 Å². The van der Waals surface area contributed by atoms with E-state index in [4.69, 9.17) is 4.74 Å². The third kappa shape index (κ3) is 3.85. The molecule has 1 saturated carbocycles. The van der Waals surface area contributed by atoms with Crippen LogP contribution < -0.4 is 10.1 Å². The third-order valence-electron chi connectivity index (χ3n) is 4.71. The molecule has 0 aromatic heterocycles. The molecular formula is C21H25NO2. The summed E-state index contributed by atoms with van der Waals surface area (Å²) in [6, 6.07) is 20.0. The van der Waals surface area contributed by atoms with Crippen LogP contribution in [0.2, 0.25) is 0 Å². The van der Waals surface area contributed by atoms with Crippen molar-refractivity contribution in [1.82, 2.24) is 5.32 Å². The van der Waals surface area contributed by atoms with Gasteiger partial charge in [0.05, 0.1) is 6.61 Å². The monoisotopic (exact) mass is 323 g/mol. The molecule has 3 nitrogen and oxygen atoms in total. The van der Waals surface area contributed by atoms with Gasteiger partial charge in [-0.1, -0.05) is 55.0 Å². The predicted octanol–water partition coefficient (Wildman–Crippen LogP) is 4.08. The molecule has 0 aliphatic heterocycles. The van der Waals surface area contributed by atoms with Crippen molar-refractivity contribution < 1.29 is 9.53 Å². The second-order valence-electron chi connectivity index (χ2n) is 6.34. The van der Waals surface area contributed by atoms with Crippen LogP contribution in [0.4, 0.5) is 0 Å². The Labute approximate surface area is 144 Å². The molecule has 0 saturated heterocycles. The van der Waals surface area contributed by atoms with E-state index in [9.17, 15) is 4.79 Å². The molecule has 24 heavy (non-hydrogen) atoms. The number of carbonyl (C=O) groups excluding carboxylic acids is 1. The first-order valence-corrected chi connectivity index (χ1v) is 8.83. The fraction of sp³-hybridized carbons (Fsp3) is 0.381. The van der Waals surface area contributed by atoms with Crippen molar-refractivity contribution in [1.29, 1.82) is 0 Å². The molecule has 1 aliphatic rings. The van der Waals surface area contributed by atoms with Gasteiger partial charge in [0.15, 0.2) is 5.78 Å². The zero-order chi connectivity index (χ0) is 16.7. The second kappa shape index (κ2) is 8.11. The van der Waals surface area contributed by atoms with Crippen LogP contribution in [0.3, 0.4) is 0 Å². The minimum absolute atomic E-state index is 0.323. The highest BCUT2D eigenvalue weighted by atomic mass is 16.5. The van der Waals surface area contributed by atoms with Crippen LogP contribution in [0.5, 0.6) is 5.75 Å². The maximum Gasteiger partial charge on any atom is 0.157 e. The van der Waals surface area contributed by atoms with Crippen molar-refractivity contribution >= 4 is 5.78 Å². The lowest BCUT2D eigenvalue weighted by Gasteiger charge is -2.37. The average Bonchev–Trinajstić information content (AvgIpc) is 2.65. The molecule has 3 heteroatoms. The SMILES string of the molecule is O=C1CCCC[C@]1(NCCCOc1ccccc1)c1ccccc1. The molecule has 0 radical (unpaired) electrons. The van der Waals surface area contributed by atoms with Gasteiger partial charge >= 0.3 is 0 Å². The summed E-state index contributed by atoms with van der Waals surface area (Å²) in [5.74, 6) is 1.22. The fourth-order valence-corrected chi connectivity index (χ4v) is 3.43. The van der Waals surface area contributed by atoms with Crippen LogP contribution in [0.1, 0.15) is 37.7 Å². The van der Waals surface area contributed by atoms with Gasteiger partial charge in [0.1, 0.15) is 11.3 Å². The summed E-state index contributed by atoms with van der Waals surface area (Å²) >= 11 is 0. The van der Waals surface area contributed by atoms with Crippen LogP contribution in [0.15, 0.2) is 60.7 Å². The van der Waals surface area contributed by atoms with Crippen molar-refractivity contribution in [2.75, 3.05) is 13.2 Å². The standard InChI is InChI=1S/C21H25NO2/c23-20-14-7-8-15-21(20,18-10-3-1-4-11-18)22-16-9-17-24-19-12-5-2-6-13-19/h1-6,10-13,22H,7-9,14-17H2/t21-/m0/s1. The highest BCUT2D eigenvalue weighted by molar-refractivity contribution is 5.90. The topological polar surface area (TPSA) is 38.3 Å². The summed E-state index contributed by atoms with van der Waals surface area (Å²) < 4.78 is 5.74. The molecule has 0 amide bonds. The normalized spacial score (nSPS) is 20.8. The number of Topliss-reactive ketones (excluding diaryl/α,β-unsaturated/α-hetero) is 1. The van der Waals surface area contributed by atoms with Gasteiger partial charge in [0, 0.05) is 6.42 Å². The van der Waals surface area contributed by atoms with E-state index in [1.807, 2.05) is 48.5 Å². The van der Waals surface area contributed by atoms with Gasteiger partial charge in [-0.15, -0.1) is 0 Å². The molecule has 0 spiro atoms. The van der Waals surface area contributed by atoms with E-state index >= 15 is 0 Å². The maximum atomic E-state index is 12.7. The predicted molar refractivity (Wildman–Crippen MR) is 96.2 cm³/mol. The number of nitrogens with one attached hydrogen (secondary N) is 1. The Morgan fingerprint density at radius 2 is 1.67 bits per heavy atom. The Morgan fingerprint density at radius 1 is 0.958 bits per heavy atom. The van der Waals surface area contributed by atoms with Crippen molar-refractivity contribution in [2.24, 2.45) is 0 Å².